The van der Waals surface area contributed by atoms with Crippen molar-refractivity contribution in [3.05, 3.63) is 35.5 Å². The molecular formula is C15H24. The molecule has 0 saturated heterocycles. The van der Waals surface area contributed by atoms with Crippen LogP contribution in [0, 0.1) is 5.41 Å². The smallest absolute Gasteiger partial charge is 0.0159 e. The Morgan fingerprint density at radius 1 is 0.933 bits per heavy atom. The van der Waals surface area contributed by atoms with E-state index in [1.807, 2.05) is 0 Å². The first kappa shape index (κ1) is 12.3. The lowest BCUT2D eigenvalue weighted by Crippen LogP contribution is -2.15. The van der Waals surface area contributed by atoms with E-state index in [0.29, 0.717) is 5.41 Å². The van der Waals surface area contributed by atoms with E-state index in [0.717, 1.165) is 0 Å². The predicted octanol–water partition coefficient (Wildman–Crippen LogP) is 5.04. The highest BCUT2D eigenvalue weighted by molar-refractivity contribution is 5.11. The standard InChI is InChI=1S/C15H24/c1-13(2)7-11-15(9-5-6-10-15)12-8-14(3)4/h5-8H,9-12H2,1-4H3. The fraction of sp³-hybridized carbons (Fsp3) is 0.600. The van der Waals surface area contributed by atoms with Crippen LogP contribution in [0.5, 0.6) is 0 Å². The highest BCUT2D eigenvalue weighted by Crippen LogP contribution is 2.41. The lowest BCUT2D eigenvalue weighted by molar-refractivity contribution is 0.318. The third kappa shape index (κ3) is 4.07. The highest BCUT2D eigenvalue weighted by atomic mass is 14.3. The first-order valence-electron chi connectivity index (χ1n) is 5.96. The molecule has 0 aromatic carbocycles. The zero-order valence-electron chi connectivity index (χ0n) is 10.6. The molecule has 1 aliphatic carbocycles. The van der Waals surface area contributed by atoms with E-state index in [9.17, 15) is 0 Å². The van der Waals surface area contributed by atoms with Gasteiger partial charge >= 0.3 is 0 Å². The molecule has 0 spiro atoms. The summed E-state index contributed by atoms with van der Waals surface area (Å²) in [6.07, 6.45) is 14.4. The SMILES string of the molecule is CC(C)=CCC1(CC=C(C)C)CC=CC1. The molecule has 0 fully saturated rings. The van der Waals surface area contributed by atoms with Gasteiger partial charge in [0.25, 0.3) is 0 Å². The van der Waals surface area contributed by atoms with E-state index in [-0.39, 0.29) is 0 Å². The fourth-order valence-electron chi connectivity index (χ4n) is 2.01. The zero-order chi connectivity index (χ0) is 11.3. The molecule has 15 heavy (non-hydrogen) atoms. The van der Waals surface area contributed by atoms with E-state index in [2.05, 4.69) is 52.0 Å². The monoisotopic (exact) mass is 204 g/mol. The first-order chi connectivity index (χ1) is 7.04. The molecule has 0 heteroatoms. The molecule has 0 heterocycles. The van der Waals surface area contributed by atoms with Gasteiger partial charge in [-0.05, 0) is 58.8 Å². The summed E-state index contributed by atoms with van der Waals surface area (Å²) in [6, 6.07) is 0. The molecule has 0 saturated carbocycles. The van der Waals surface area contributed by atoms with Gasteiger partial charge in [-0.1, -0.05) is 35.5 Å². The second-order valence-corrected chi connectivity index (χ2v) is 5.35. The largest absolute Gasteiger partial charge is 0.0879 e. The molecule has 0 bridgehead atoms. The molecule has 0 N–H and O–H groups in total. The molecule has 84 valence electrons. The minimum absolute atomic E-state index is 0.495. The molecule has 0 unspecified atom stereocenters. The van der Waals surface area contributed by atoms with Gasteiger partial charge in [0.2, 0.25) is 0 Å². The fourth-order valence-corrected chi connectivity index (χ4v) is 2.01. The summed E-state index contributed by atoms with van der Waals surface area (Å²) in [5.74, 6) is 0. The quantitative estimate of drug-likeness (QED) is 0.563. The second-order valence-electron chi connectivity index (χ2n) is 5.35. The van der Waals surface area contributed by atoms with Gasteiger partial charge in [-0.2, -0.15) is 0 Å². The lowest BCUT2D eigenvalue weighted by Gasteiger charge is -2.26. The summed E-state index contributed by atoms with van der Waals surface area (Å²) in [6.45, 7) is 8.77. The van der Waals surface area contributed by atoms with Crippen molar-refractivity contribution in [2.24, 2.45) is 5.41 Å². The van der Waals surface area contributed by atoms with Gasteiger partial charge in [0.15, 0.2) is 0 Å². The normalized spacial score (nSPS) is 17.6. The Bertz CT molecular complexity index is 251. The van der Waals surface area contributed by atoms with Crippen LogP contribution in [-0.4, -0.2) is 0 Å². The highest BCUT2D eigenvalue weighted by Gasteiger charge is 2.28. The van der Waals surface area contributed by atoms with E-state index in [1.165, 1.54) is 36.8 Å². The van der Waals surface area contributed by atoms with Gasteiger partial charge in [0.05, 0.1) is 0 Å². The summed E-state index contributed by atoms with van der Waals surface area (Å²) in [7, 11) is 0. The number of hydrogen-bond donors (Lipinski definition) is 0. The van der Waals surface area contributed by atoms with Crippen LogP contribution in [0.15, 0.2) is 35.5 Å². The van der Waals surface area contributed by atoms with Crippen LogP contribution in [0.3, 0.4) is 0 Å². The average Bonchev–Trinajstić information content (AvgIpc) is 2.61. The van der Waals surface area contributed by atoms with E-state index < -0.39 is 0 Å². The predicted molar refractivity (Wildman–Crippen MR) is 68.9 cm³/mol. The van der Waals surface area contributed by atoms with E-state index in [4.69, 9.17) is 0 Å². The van der Waals surface area contributed by atoms with Crippen molar-refractivity contribution >= 4 is 0 Å². The zero-order valence-corrected chi connectivity index (χ0v) is 10.6. The lowest BCUT2D eigenvalue weighted by atomic mass is 9.78. The third-order valence-corrected chi connectivity index (χ3v) is 3.16. The maximum Gasteiger partial charge on any atom is -0.0159 e. The van der Waals surface area contributed by atoms with Gasteiger partial charge in [0, 0.05) is 0 Å². The Kier molecular flexibility index (Phi) is 4.38. The topological polar surface area (TPSA) is 0 Å². The van der Waals surface area contributed by atoms with Crippen molar-refractivity contribution in [3.63, 3.8) is 0 Å². The van der Waals surface area contributed by atoms with Crippen LogP contribution < -0.4 is 0 Å². The molecule has 1 aliphatic rings. The van der Waals surface area contributed by atoms with Crippen molar-refractivity contribution in [3.8, 4) is 0 Å². The Labute approximate surface area is 94.8 Å². The average molecular weight is 204 g/mol. The summed E-state index contributed by atoms with van der Waals surface area (Å²) in [4.78, 5) is 0. The van der Waals surface area contributed by atoms with Crippen molar-refractivity contribution in [2.45, 2.75) is 53.4 Å². The Hall–Kier alpha value is -0.780. The maximum absolute atomic E-state index is 2.39. The molecule has 0 aromatic rings. The molecule has 0 aromatic heterocycles. The van der Waals surface area contributed by atoms with Gasteiger partial charge in [-0.15, -0.1) is 0 Å². The molecule has 1 rings (SSSR count). The minimum Gasteiger partial charge on any atom is -0.0879 e. The summed E-state index contributed by atoms with van der Waals surface area (Å²) < 4.78 is 0. The number of rotatable bonds is 4. The molecule has 0 amide bonds. The second kappa shape index (κ2) is 5.34. The van der Waals surface area contributed by atoms with Crippen LogP contribution in [-0.2, 0) is 0 Å². The maximum atomic E-state index is 2.39. The Morgan fingerprint density at radius 2 is 1.33 bits per heavy atom. The van der Waals surface area contributed by atoms with Gasteiger partial charge in [-0.3, -0.25) is 0 Å². The van der Waals surface area contributed by atoms with Gasteiger partial charge in [0.1, 0.15) is 0 Å². The molecular weight excluding hydrogens is 180 g/mol. The minimum atomic E-state index is 0.495. The molecule has 0 aliphatic heterocycles. The van der Waals surface area contributed by atoms with E-state index in [1.54, 1.807) is 0 Å². The Balaban J connectivity index is 2.63. The molecule has 0 nitrogen and oxygen atoms in total. The third-order valence-electron chi connectivity index (χ3n) is 3.16. The van der Waals surface area contributed by atoms with Crippen LogP contribution >= 0.6 is 0 Å². The molecule has 0 radical (unpaired) electrons. The van der Waals surface area contributed by atoms with E-state index >= 15 is 0 Å². The first-order valence-corrected chi connectivity index (χ1v) is 5.96. The van der Waals surface area contributed by atoms with Crippen LogP contribution in [0.1, 0.15) is 53.4 Å². The summed E-state index contributed by atoms with van der Waals surface area (Å²) in [5, 5.41) is 0. The van der Waals surface area contributed by atoms with Crippen molar-refractivity contribution in [1.29, 1.82) is 0 Å². The molecule has 0 atom stereocenters. The van der Waals surface area contributed by atoms with Crippen molar-refractivity contribution in [2.75, 3.05) is 0 Å². The van der Waals surface area contributed by atoms with Crippen LogP contribution in [0.4, 0.5) is 0 Å². The Morgan fingerprint density at radius 3 is 1.67 bits per heavy atom. The van der Waals surface area contributed by atoms with Gasteiger partial charge < -0.3 is 0 Å². The van der Waals surface area contributed by atoms with Gasteiger partial charge in [-0.25, -0.2) is 0 Å². The number of hydrogen-bond acceptors (Lipinski definition) is 0. The van der Waals surface area contributed by atoms with Crippen LogP contribution in [0.2, 0.25) is 0 Å². The summed E-state index contributed by atoms with van der Waals surface area (Å²) >= 11 is 0. The summed E-state index contributed by atoms with van der Waals surface area (Å²) in [5.41, 5.74) is 3.38. The van der Waals surface area contributed by atoms with Crippen LogP contribution in [0.25, 0.3) is 0 Å². The van der Waals surface area contributed by atoms with Crippen molar-refractivity contribution in [1.82, 2.24) is 0 Å². The number of allylic oxidation sites excluding steroid dienone is 6. The van der Waals surface area contributed by atoms with Crippen molar-refractivity contribution < 1.29 is 0 Å².